The minimum atomic E-state index is -4.35. The van der Waals surface area contributed by atoms with E-state index in [4.69, 9.17) is 0 Å². The second kappa shape index (κ2) is 9.85. The second-order valence-electron chi connectivity index (χ2n) is 10.6. The number of nitrogens with zero attached hydrogens (tertiary/aromatic N) is 1. The molecule has 0 bridgehead atoms. The zero-order chi connectivity index (χ0) is 26.7. The molecule has 1 heterocycles. The van der Waals surface area contributed by atoms with Gasteiger partial charge in [0.2, 0.25) is 10.0 Å². The van der Waals surface area contributed by atoms with Crippen LogP contribution in [-0.4, -0.2) is 34.7 Å². The molecule has 0 fully saturated rings. The van der Waals surface area contributed by atoms with E-state index < -0.39 is 37.0 Å². The van der Waals surface area contributed by atoms with E-state index in [2.05, 4.69) is 35.2 Å². The number of ketones is 1. The first-order valence-corrected chi connectivity index (χ1v) is 14.7. The normalized spacial score (nSPS) is 20.7. The molecule has 0 spiro atoms. The van der Waals surface area contributed by atoms with Crippen molar-refractivity contribution in [3.05, 3.63) is 59.2 Å². The number of sulfonamides is 2. The number of carbonyl (C=O) groups excluding carboxylic acids is 1. The van der Waals surface area contributed by atoms with Crippen LogP contribution in [-0.2, 0) is 30.3 Å². The molecule has 0 unspecified atom stereocenters. The molecule has 12 heteroatoms. The summed E-state index contributed by atoms with van der Waals surface area (Å²) in [5, 5.41) is 16.3. The minimum absolute atomic E-state index is 0. The number of amidine groups is 1. The van der Waals surface area contributed by atoms with E-state index in [9.17, 15) is 26.7 Å². The van der Waals surface area contributed by atoms with E-state index in [0.29, 0.717) is 24.0 Å². The molecule has 0 radical (unpaired) electrons. The summed E-state index contributed by atoms with van der Waals surface area (Å²) in [6, 6.07) is 10.8. The van der Waals surface area contributed by atoms with E-state index >= 15 is 0 Å². The maximum atomic E-state index is 13.9. The van der Waals surface area contributed by atoms with Crippen LogP contribution in [0.5, 0.6) is 0 Å². The Morgan fingerprint density at radius 1 is 1.14 bits per heavy atom. The molecule has 1 aliphatic carbocycles. The van der Waals surface area contributed by atoms with E-state index in [1.165, 1.54) is 12.1 Å². The third-order valence-corrected chi connectivity index (χ3v) is 8.28. The summed E-state index contributed by atoms with van der Waals surface area (Å²) in [6.45, 7) is 7.97. The van der Waals surface area contributed by atoms with Crippen molar-refractivity contribution in [1.29, 1.82) is 0 Å². The summed E-state index contributed by atoms with van der Waals surface area (Å²) in [7, 11) is -7.99. The molecule has 2 aromatic rings. The predicted molar refractivity (Wildman–Crippen MR) is 138 cm³/mol. The Balaban J connectivity index is 0.00000380. The Hall–Kier alpha value is -2.18. The van der Waals surface area contributed by atoms with Crippen molar-refractivity contribution < 1.29 is 56.3 Å². The van der Waals surface area contributed by atoms with Crippen molar-refractivity contribution in [2.24, 2.45) is 9.81 Å². The van der Waals surface area contributed by atoms with E-state index in [1.807, 2.05) is 0 Å². The molecule has 0 saturated heterocycles. The summed E-state index contributed by atoms with van der Waals surface area (Å²) >= 11 is 0. The summed E-state index contributed by atoms with van der Waals surface area (Å²) in [5.74, 6) is -1.42. The maximum Gasteiger partial charge on any atom is 1.00 e. The SMILES string of the molecule is CC(C)(C)CC[C@@]1(C)C(=O)C(C2=NS(=O)(=O)c3cc(NS(C)(=O)=O)ccc3N2)=C([O-])c2ccccc21.[Na+]. The molecule has 1 atom stereocenters. The largest absolute Gasteiger partial charge is 1.00 e. The number of rotatable bonds is 5. The molecule has 37 heavy (non-hydrogen) atoms. The molecular formula is C25H28N3NaO6S2. The number of fused-ring (bicyclic) bond motifs is 2. The molecule has 2 N–H and O–H groups in total. The van der Waals surface area contributed by atoms with Crippen molar-refractivity contribution in [2.45, 2.75) is 50.8 Å². The maximum absolute atomic E-state index is 13.9. The number of nitrogens with one attached hydrogen (secondary N) is 2. The average molecular weight is 554 g/mol. The molecule has 0 saturated carbocycles. The van der Waals surface area contributed by atoms with Gasteiger partial charge in [-0.25, -0.2) is 8.42 Å². The molecule has 4 rings (SSSR count). The van der Waals surface area contributed by atoms with Gasteiger partial charge in [-0.15, -0.1) is 4.40 Å². The molecule has 0 aromatic heterocycles. The van der Waals surface area contributed by atoms with E-state index in [0.717, 1.165) is 12.3 Å². The quantitative estimate of drug-likeness (QED) is 0.497. The van der Waals surface area contributed by atoms with Gasteiger partial charge in [0.1, 0.15) is 4.90 Å². The van der Waals surface area contributed by atoms with Gasteiger partial charge in [0, 0.05) is 5.69 Å². The van der Waals surface area contributed by atoms with Crippen molar-refractivity contribution in [2.75, 3.05) is 16.3 Å². The Morgan fingerprint density at radius 2 is 1.78 bits per heavy atom. The van der Waals surface area contributed by atoms with Crippen LogP contribution in [0.1, 0.15) is 51.7 Å². The van der Waals surface area contributed by atoms with E-state index in [-0.39, 0.29) is 62.7 Å². The van der Waals surface area contributed by atoms with Gasteiger partial charge >= 0.3 is 29.6 Å². The van der Waals surface area contributed by atoms with E-state index in [1.54, 1.807) is 31.2 Å². The molecule has 0 amide bonds. The molecule has 1 aliphatic heterocycles. The fourth-order valence-electron chi connectivity index (χ4n) is 4.43. The number of benzene rings is 2. The van der Waals surface area contributed by atoms with Crippen LogP contribution in [0.15, 0.2) is 57.3 Å². The number of anilines is 2. The van der Waals surface area contributed by atoms with Crippen molar-refractivity contribution in [3.8, 4) is 0 Å². The smallest absolute Gasteiger partial charge is 0.871 e. The van der Waals surface area contributed by atoms with Crippen LogP contribution in [0.4, 0.5) is 11.4 Å². The van der Waals surface area contributed by atoms with Crippen LogP contribution in [0.3, 0.4) is 0 Å². The summed E-state index contributed by atoms with van der Waals surface area (Å²) in [6.07, 6.45) is 2.10. The first kappa shape index (κ1) is 29.4. The Kier molecular flexibility index (Phi) is 7.82. The van der Waals surface area contributed by atoms with Crippen LogP contribution in [0, 0.1) is 5.41 Å². The minimum Gasteiger partial charge on any atom is -0.871 e. The third-order valence-electron chi connectivity index (χ3n) is 6.36. The van der Waals surface area contributed by atoms with Gasteiger partial charge in [-0.3, -0.25) is 9.52 Å². The molecule has 192 valence electrons. The predicted octanol–water partition coefficient (Wildman–Crippen LogP) is 0.0131. The standard InChI is InChI=1S/C25H29N3O6S2.Na/c1-24(2,3)12-13-25(4)17-9-7-6-8-16(17)21(29)20(22(25)30)23-26-18-11-10-15(27-35(5,31)32)14-19(18)36(33,34)28-23;/h6-11,14,27,29H,12-13H2,1-5H3,(H,26,28);/q;+1/p-1/t25-;/m1./s1. The fraction of sp³-hybridized carbons (Fsp3) is 0.360. The number of carbonyl (C=O) groups is 1. The van der Waals surface area contributed by atoms with Crippen molar-refractivity contribution >= 4 is 48.8 Å². The molecule has 2 aliphatic rings. The zero-order valence-corrected chi connectivity index (χ0v) is 25.3. The van der Waals surface area contributed by atoms with Crippen molar-refractivity contribution in [1.82, 2.24) is 0 Å². The first-order valence-electron chi connectivity index (χ1n) is 11.3. The van der Waals surface area contributed by atoms with Gasteiger partial charge in [0.05, 0.1) is 22.9 Å². The van der Waals surface area contributed by atoms with Gasteiger partial charge in [-0.05, 0) is 54.5 Å². The monoisotopic (exact) mass is 553 g/mol. The van der Waals surface area contributed by atoms with Crippen molar-refractivity contribution in [3.63, 3.8) is 0 Å². The third kappa shape index (κ3) is 5.80. The molecule has 9 nitrogen and oxygen atoms in total. The summed E-state index contributed by atoms with van der Waals surface area (Å²) in [5.41, 5.74) is -0.347. The number of hydrogen-bond donors (Lipinski definition) is 2. The van der Waals surface area contributed by atoms with Crippen LogP contribution in [0.2, 0.25) is 0 Å². The van der Waals surface area contributed by atoms with Crippen LogP contribution >= 0.6 is 0 Å². The van der Waals surface area contributed by atoms with Gasteiger partial charge < -0.3 is 10.4 Å². The number of hydrogen-bond acceptors (Lipinski definition) is 7. The Bertz CT molecular complexity index is 1560. The Labute approximate surface area is 239 Å². The van der Waals surface area contributed by atoms with Crippen LogP contribution < -0.4 is 44.7 Å². The molecular weight excluding hydrogens is 525 g/mol. The Morgan fingerprint density at radius 3 is 2.41 bits per heavy atom. The summed E-state index contributed by atoms with van der Waals surface area (Å²) < 4.78 is 55.3. The zero-order valence-electron chi connectivity index (χ0n) is 21.7. The van der Waals surface area contributed by atoms with Gasteiger partial charge in [0.25, 0.3) is 10.0 Å². The van der Waals surface area contributed by atoms with Gasteiger partial charge in [-0.2, -0.15) is 8.42 Å². The fourth-order valence-corrected chi connectivity index (χ4v) is 6.13. The topological polar surface area (TPSA) is 145 Å². The first-order chi connectivity index (χ1) is 16.5. The summed E-state index contributed by atoms with van der Waals surface area (Å²) in [4.78, 5) is 13.6. The molecule has 2 aromatic carbocycles. The number of Topliss-reactive ketones (excluding diaryl/α,β-unsaturated/α-hetero) is 1. The van der Waals surface area contributed by atoms with Gasteiger partial charge in [0.15, 0.2) is 11.6 Å². The second-order valence-corrected chi connectivity index (χ2v) is 13.9. The average Bonchev–Trinajstić information content (AvgIpc) is 2.75. The van der Waals surface area contributed by atoms with Gasteiger partial charge in [-0.1, -0.05) is 50.8 Å². The van der Waals surface area contributed by atoms with Crippen LogP contribution in [0.25, 0.3) is 5.76 Å².